The third-order valence-corrected chi connectivity index (χ3v) is 2.78. The number of pyridine rings is 1. The van der Waals surface area contributed by atoms with E-state index in [1.807, 2.05) is 31.2 Å². The molecule has 2 aromatic rings. The summed E-state index contributed by atoms with van der Waals surface area (Å²) >= 11 is 5.74. The van der Waals surface area contributed by atoms with Crippen LogP contribution in [0.15, 0.2) is 42.5 Å². The monoisotopic (exact) mass is 260 g/mol. The molecular formula is C14H13ClN2O. The highest BCUT2D eigenvalue weighted by Gasteiger charge is 2.07. The highest BCUT2D eigenvalue weighted by Crippen LogP contribution is 2.10. The minimum atomic E-state index is -0.180. The predicted octanol–water partition coefficient (Wildman–Crippen LogP) is 3.38. The number of hydrogen-bond donors (Lipinski definition) is 1. The largest absolute Gasteiger partial charge is 0.307 e. The Morgan fingerprint density at radius 1 is 1.28 bits per heavy atom. The molecule has 0 spiro atoms. The van der Waals surface area contributed by atoms with Crippen molar-refractivity contribution in [2.45, 2.75) is 12.8 Å². The minimum absolute atomic E-state index is 0.180. The number of amides is 1. The van der Waals surface area contributed by atoms with E-state index < -0.39 is 0 Å². The van der Waals surface area contributed by atoms with Crippen LogP contribution in [0.4, 0.5) is 5.82 Å². The summed E-state index contributed by atoms with van der Waals surface area (Å²) in [7, 11) is 0. The maximum absolute atomic E-state index is 12.0. The van der Waals surface area contributed by atoms with Gasteiger partial charge < -0.3 is 5.32 Å². The van der Waals surface area contributed by atoms with E-state index in [2.05, 4.69) is 10.3 Å². The van der Waals surface area contributed by atoms with Crippen LogP contribution in [-0.2, 0) is 5.88 Å². The number of carbonyl (C=O) groups excluding carboxylic acids is 1. The van der Waals surface area contributed by atoms with Crippen molar-refractivity contribution < 1.29 is 4.79 Å². The molecular weight excluding hydrogens is 248 g/mol. The molecule has 1 heterocycles. The average Bonchev–Trinajstić information content (AvgIpc) is 2.39. The number of nitrogens with zero attached hydrogens (tertiary/aromatic N) is 1. The fourth-order valence-electron chi connectivity index (χ4n) is 1.60. The van der Waals surface area contributed by atoms with Crippen LogP contribution in [0.2, 0.25) is 0 Å². The van der Waals surface area contributed by atoms with E-state index in [0.29, 0.717) is 17.3 Å². The summed E-state index contributed by atoms with van der Waals surface area (Å²) in [6.07, 6.45) is 0. The molecule has 1 N–H and O–H groups in total. The first-order valence-corrected chi connectivity index (χ1v) is 6.12. The number of carbonyl (C=O) groups is 1. The SMILES string of the molecule is Cc1cccc(NC(=O)c2cccc(CCl)c2)n1. The number of hydrogen-bond acceptors (Lipinski definition) is 2. The predicted molar refractivity (Wildman–Crippen MR) is 72.9 cm³/mol. The van der Waals surface area contributed by atoms with E-state index in [-0.39, 0.29) is 5.91 Å². The molecule has 2 rings (SSSR count). The van der Waals surface area contributed by atoms with Crippen molar-refractivity contribution in [2.24, 2.45) is 0 Å². The van der Waals surface area contributed by atoms with E-state index >= 15 is 0 Å². The molecule has 0 fully saturated rings. The lowest BCUT2D eigenvalue weighted by molar-refractivity contribution is 0.102. The number of anilines is 1. The molecule has 0 aliphatic rings. The topological polar surface area (TPSA) is 42.0 Å². The van der Waals surface area contributed by atoms with Crippen molar-refractivity contribution in [1.29, 1.82) is 0 Å². The zero-order valence-electron chi connectivity index (χ0n) is 9.98. The first-order valence-electron chi connectivity index (χ1n) is 5.59. The maximum Gasteiger partial charge on any atom is 0.256 e. The Labute approximate surface area is 111 Å². The zero-order chi connectivity index (χ0) is 13.0. The molecule has 18 heavy (non-hydrogen) atoms. The second-order valence-corrected chi connectivity index (χ2v) is 4.22. The van der Waals surface area contributed by atoms with Crippen molar-refractivity contribution >= 4 is 23.3 Å². The first-order chi connectivity index (χ1) is 8.69. The van der Waals surface area contributed by atoms with E-state index in [4.69, 9.17) is 11.6 Å². The number of rotatable bonds is 3. The van der Waals surface area contributed by atoms with Gasteiger partial charge in [0.25, 0.3) is 5.91 Å². The smallest absolute Gasteiger partial charge is 0.256 e. The van der Waals surface area contributed by atoms with Gasteiger partial charge in [-0.15, -0.1) is 11.6 Å². The van der Waals surface area contributed by atoms with Crippen LogP contribution in [0.25, 0.3) is 0 Å². The fourth-order valence-corrected chi connectivity index (χ4v) is 1.76. The highest BCUT2D eigenvalue weighted by atomic mass is 35.5. The Kier molecular flexibility index (Phi) is 3.95. The zero-order valence-corrected chi connectivity index (χ0v) is 10.7. The summed E-state index contributed by atoms with van der Waals surface area (Å²) in [6, 6.07) is 12.7. The molecule has 0 saturated heterocycles. The third-order valence-electron chi connectivity index (χ3n) is 2.47. The molecule has 3 nitrogen and oxygen atoms in total. The van der Waals surface area contributed by atoms with Gasteiger partial charge in [-0.3, -0.25) is 4.79 Å². The fraction of sp³-hybridized carbons (Fsp3) is 0.143. The molecule has 0 aliphatic carbocycles. The quantitative estimate of drug-likeness (QED) is 0.860. The van der Waals surface area contributed by atoms with Crippen LogP contribution in [0.1, 0.15) is 21.6 Å². The van der Waals surface area contributed by atoms with Gasteiger partial charge in [0.1, 0.15) is 5.82 Å². The molecule has 0 bridgehead atoms. The lowest BCUT2D eigenvalue weighted by atomic mass is 10.1. The third kappa shape index (κ3) is 3.08. The van der Waals surface area contributed by atoms with Gasteiger partial charge >= 0.3 is 0 Å². The van der Waals surface area contributed by atoms with Gasteiger partial charge in [0, 0.05) is 17.1 Å². The molecule has 1 aromatic carbocycles. The van der Waals surface area contributed by atoms with Gasteiger partial charge in [-0.05, 0) is 36.8 Å². The van der Waals surface area contributed by atoms with E-state index in [1.54, 1.807) is 18.2 Å². The summed E-state index contributed by atoms with van der Waals surface area (Å²) in [5, 5.41) is 2.76. The highest BCUT2D eigenvalue weighted by molar-refractivity contribution is 6.17. The van der Waals surface area contributed by atoms with Crippen LogP contribution in [-0.4, -0.2) is 10.9 Å². The molecule has 0 saturated carbocycles. The lowest BCUT2D eigenvalue weighted by Crippen LogP contribution is -2.13. The van der Waals surface area contributed by atoms with Crippen molar-refractivity contribution in [1.82, 2.24) is 4.98 Å². The molecule has 0 aliphatic heterocycles. The van der Waals surface area contributed by atoms with E-state index in [1.165, 1.54) is 0 Å². The number of alkyl halides is 1. The minimum Gasteiger partial charge on any atom is -0.307 e. The van der Waals surface area contributed by atoms with Gasteiger partial charge in [0.2, 0.25) is 0 Å². The standard InChI is InChI=1S/C14H13ClN2O/c1-10-4-2-7-13(16-10)17-14(18)12-6-3-5-11(8-12)9-15/h2-8H,9H2,1H3,(H,16,17,18). The summed E-state index contributed by atoms with van der Waals surface area (Å²) in [5.41, 5.74) is 2.36. The molecule has 0 radical (unpaired) electrons. The van der Waals surface area contributed by atoms with Crippen molar-refractivity contribution in [3.05, 3.63) is 59.3 Å². The van der Waals surface area contributed by atoms with Crippen molar-refractivity contribution in [2.75, 3.05) is 5.32 Å². The number of aryl methyl sites for hydroxylation is 1. The molecule has 4 heteroatoms. The van der Waals surface area contributed by atoms with Gasteiger partial charge in [-0.2, -0.15) is 0 Å². The Morgan fingerprint density at radius 3 is 2.78 bits per heavy atom. The summed E-state index contributed by atoms with van der Waals surface area (Å²) < 4.78 is 0. The van der Waals surface area contributed by atoms with E-state index in [9.17, 15) is 4.79 Å². The van der Waals surface area contributed by atoms with Crippen LogP contribution in [0.3, 0.4) is 0 Å². The number of halogens is 1. The number of benzene rings is 1. The van der Waals surface area contributed by atoms with Crippen LogP contribution in [0.5, 0.6) is 0 Å². The van der Waals surface area contributed by atoms with Crippen LogP contribution < -0.4 is 5.32 Å². The van der Waals surface area contributed by atoms with Gasteiger partial charge in [-0.1, -0.05) is 18.2 Å². The number of nitrogens with one attached hydrogen (secondary N) is 1. The van der Waals surface area contributed by atoms with Gasteiger partial charge in [-0.25, -0.2) is 4.98 Å². The second-order valence-electron chi connectivity index (χ2n) is 3.95. The first kappa shape index (κ1) is 12.6. The summed E-state index contributed by atoms with van der Waals surface area (Å²) in [6.45, 7) is 1.88. The van der Waals surface area contributed by atoms with Crippen LogP contribution in [0, 0.1) is 6.92 Å². The van der Waals surface area contributed by atoms with Gasteiger partial charge in [0.05, 0.1) is 0 Å². The lowest BCUT2D eigenvalue weighted by Gasteiger charge is -2.06. The Balaban J connectivity index is 2.16. The second kappa shape index (κ2) is 5.65. The van der Waals surface area contributed by atoms with E-state index in [0.717, 1.165) is 11.3 Å². The Bertz CT molecular complexity index is 569. The van der Waals surface area contributed by atoms with Gasteiger partial charge in [0.15, 0.2) is 0 Å². The average molecular weight is 261 g/mol. The van der Waals surface area contributed by atoms with Crippen molar-refractivity contribution in [3.8, 4) is 0 Å². The number of aromatic nitrogens is 1. The summed E-state index contributed by atoms with van der Waals surface area (Å²) in [4.78, 5) is 16.2. The molecule has 0 atom stereocenters. The normalized spacial score (nSPS) is 10.1. The maximum atomic E-state index is 12.0. The van der Waals surface area contributed by atoms with Crippen LogP contribution >= 0.6 is 11.6 Å². The Hall–Kier alpha value is -1.87. The molecule has 1 amide bonds. The Morgan fingerprint density at radius 2 is 2.06 bits per heavy atom. The molecule has 92 valence electrons. The molecule has 0 unspecified atom stereocenters. The summed E-state index contributed by atoms with van der Waals surface area (Å²) in [5.74, 6) is 0.764. The van der Waals surface area contributed by atoms with Crippen molar-refractivity contribution in [3.63, 3.8) is 0 Å². The molecule has 1 aromatic heterocycles.